The molecule has 2 amide bonds. The molecule has 0 bridgehead atoms. The van der Waals surface area contributed by atoms with Crippen LogP contribution in [0.2, 0.25) is 0 Å². The summed E-state index contributed by atoms with van der Waals surface area (Å²) in [7, 11) is 1.84. The molecule has 1 fully saturated rings. The standard InChI is InChI=1S/C23H37N3O3/c1-6-7-13-19-17-25(22(28)29-23(2,3)4)14-15-26(19)21(27)20(24-5)16-18-11-9-8-10-12-18/h8-12,19-20,24H,6-7,13-17H2,1-5H3/t19?,20-/m0/s1. The quantitative estimate of drug-likeness (QED) is 0.757. The molecular weight excluding hydrogens is 366 g/mol. The molecular formula is C23H37N3O3. The number of piperazine rings is 1. The monoisotopic (exact) mass is 403 g/mol. The molecule has 2 rings (SSSR count). The minimum absolute atomic E-state index is 0.0235. The van der Waals surface area contributed by atoms with Gasteiger partial charge in [-0.3, -0.25) is 4.79 Å². The minimum Gasteiger partial charge on any atom is -0.444 e. The van der Waals surface area contributed by atoms with Crippen LogP contribution in [0.4, 0.5) is 4.79 Å². The lowest BCUT2D eigenvalue weighted by molar-refractivity contribution is -0.138. The van der Waals surface area contributed by atoms with Gasteiger partial charge in [-0.25, -0.2) is 4.79 Å². The van der Waals surface area contributed by atoms with Crippen LogP contribution in [0.15, 0.2) is 30.3 Å². The van der Waals surface area contributed by atoms with E-state index in [9.17, 15) is 9.59 Å². The number of rotatable bonds is 7. The number of amides is 2. The number of hydrogen-bond acceptors (Lipinski definition) is 4. The largest absolute Gasteiger partial charge is 0.444 e. The molecule has 1 unspecified atom stereocenters. The molecule has 1 N–H and O–H groups in total. The molecule has 1 aliphatic rings. The Morgan fingerprint density at radius 1 is 1.21 bits per heavy atom. The van der Waals surface area contributed by atoms with Crippen molar-refractivity contribution in [2.75, 3.05) is 26.7 Å². The average Bonchev–Trinajstić information content (AvgIpc) is 2.69. The van der Waals surface area contributed by atoms with Gasteiger partial charge in [-0.05, 0) is 46.2 Å². The van der Waals surface area contributed by atoms with Crippen molar-refractivity contribution < 1.29 is 14.3 Å². The van der Waals surface area contributed by atoms with Crippen LogP contribution in [0.1, 0.15) is 52.5 Å². The number of hydrogen-bond donors (Lipinski definition) is 1. The molecule has 1 heterocycles. The van der Waals surface area contributed by atoms with Crippen molar-refractivity contribution in [1.29, 1.82) is 0 Å². The fourth-order valence-corrected chi connectivity index (χ4v) is 3.69. The van der Waals surface area contributed by atoms with Gasteiger partial charge in [0.05, 0.1) is 6.04 Å². The van der Waals surface area contributed by atoms with Crippen molar-refractivity contribution in [1.82, 2.24) is 15.1 Å². The number of likely N-dealkylation sites (N-methyl/N-ethyl adjacent to an activating group) is 1. The summed E-state index contributed by atoms with van der Waals surface area (Å²) in [6.07, 6.45) is 3.34. The first-order valence-electron chi connectivity index (χ1n) is 10.7. The van der Waals surface area contributed by atoms with Gasteiger partial charge >= 0.3 is 6.09 Å². The fraction of sp³-hybridized carbons (Fsp3) is 0.652. The van der Waals surface area contributed by atoms with E-state index in [-0.39, 0.29) is 24.1 Å². The molecule has 1 saturated heterocycles. The molecule has 1 aromatic carbocycles. The van der Waals surface area contributed by atoms with Gasteiger partial charge in [-0.2, -0.15) is 0 Å². The highest BCUT2D eigenvalue weighted by Gasteiger charge is 2.36. The minimum atomic E-state index is -0.518. The van der Waals surface area contributed by atoms with E-state index in [1.165, 1.54) is 0 Å². The molecule has 1 aromatic rings. The third kappa shape index (κ3) is 7.03. The second-order valence-electron chi connectivity index (χ2n) is 8.79. The van der Waals surface area contributed by atoms with Crippen LogP contribution in [0.25, 0.3) is 0 Å². The third-order valence-corrected chi connectivity index (χ3v) is 5.24. The number of carbonyl (C=O) groups is 2. The summed E-state index contributed by atoms with van der Waals surface area (Å²) in [6.45, 7) is 9.35. The summed E-state index contributed by atoms with van der Waals surface area (Å²) in [6, 6.07) is 9.83. The highest BCUT2D eigenvalue weighted by Crippen LogP contribution is 2.20. The Labute approximate surface area is 175 Å². The summed E-state index contributed by atoms with van der Waals surface area (Å²) in [5.41, 5.74) is 0.619. The second kappa shape index (κ2) is 10.6. The number of benzene rings is 1. The normalized spacial score (nSPS) is 18.4. The van der Waals surface area contributed by atoms with E-state index in [0.717, 1.165) is 24.8 Å². The number of carbonyl (C=O) groups excluding carboxylic acids is 2. The first-order chi connectivity index (χ1) is 13.7. The number of nitrogens with zero attached hydrogens (tertiary/aromatic N) is 2. The topological polar surface area (TPSA) is 61.9 Å². The number of unbranched alkanes of at least 4 members (excludes halogenated alkanes) is 1. The van der Waals surface area contributed by atoms with E-state index < -0.39 is 5.60 Å². The van der Waals surface area contributed by atoms with E-state index >= 15 is 0 Å². The van der Waals surface area contributed by atoms with E-state index in [0.29, 0.717) is 26.1 Å². The van der Waals surface area contributed by atoms with Gasteiger partial charge in [0.1, 0.15) is 5.60 Å². The Morgan fingerprint density at radius 2 is 1.90 bits per heavy atom. The Bertz CT molecular complexity index is 657. The maximum absolute atomic E-state index is 13.3. The molecule has 0 aromatic heterocycles. The first-order valence-corrected chi connectivity index (χ1v) is 10.7. The van der Waals surface area contributed by atoms with Crippen molar-refractivity contribution in [2.24, 2.45) is 0 Å². The summed E-state index contributed by atoms with van der Waals surface area (Å²) in [5.74, 6) is 0.112. The molecule has 2 atom stereocenters. The van der Waals surface area contributed by atoms with Crippen molar-refractivity contribution >= 4 is 12.0 Å². The lowest BCUT2D eigenvalue weighted by atomic mass is 10.0. The van der Waals surface area contributed by atoms with Crippen LogP contribution >= 0.6 is 0 Å². The second-order valence-corrected chi connectivity index (χ2v) is 8.79. The molecule has 0 aliphatic carbocycles. The van der Waals surface area contributed by atoms with Gasteiger partial charge in [0.25, 0.3) is 0 Å². The summed E-state index contributed by atoms with van der Waals surface area (Å²) in [5, 5.41) is 3.19. The molecule has 1 aliphatic heterocycles. The van der Waals surface area contributed by atoms with Gasteiger partial charge in [0.2, 0.25) is 5.91 Å². The van der Waals surface area contributed by atoms with E-state index in [4.69, 9.17) is 4.74 Å². The van der Waals surface area contributed by atoms with Gasteiger partial charge < -0.3 is 19.9 Å². The SMILES string of the molecule is CCCCC1CN(C(=O)OC(C)(C)C)CCN1C(=O)[C@H](Cc1ccccc1)NC. The average molecular weight is 404 g/mol. The molecule has 0 spiro atoms. The first kappa shape index (κ1) is 23.2. The summed E-state index contributed by atoms with van der Waals surface area (Å²) < 4.78 is 5.54. The zero-order valence-corrected chi connectivity index (χ0v) is 18.6. The Kier molecular flexibility index (Phi) is 8.50. The van der Waals surface area contributed by atoms with Crippen LogP contribution in [-0.2, 0) is 16.0 Å². The van der Waals surface area contributed by atoms with Crippen LogP contribution in [0.5, 0.6) is 0 Å². The zero-order valence-electron chi connectivity index (χ0n) is 18.6. The Morgan fingerprint density at radius 3 is 2.48 bits per heavy atom. The molecule has 162 valence electrons. The van der Waals surface area contributed by atoms with Crippen molar-refractivity contribution in [3.05, 3.63) is 35.9 Å². The van der Waals surface area contributed by atoms with Gasteiger partial charge in [0.15, 0.2) is 0 Å². The molecule has 29 heavy (non-hydrogen) atoms. The van der Waals surface area contributed by atoms with Gasteiger partial charge in [-0.15, -0.1) is 0 Å². The lowest BCUT2D eigenvalue weighted by Crippen LogP contribution is -2.60. The van der Waals surface area contributed by atoms with Crippen LogP contribution in [-0.4, -0.2) is 66.2 Å². The maximum atomic E-state index is 13.3. The summed E-state index contributed by atoms with van der Waals surface area (Å²) >= 11 is 0. The van der Waals surface area contributed by atoms with Crippen LogP contribution in [0, 0.1) is 0 Å². The predicted molar refractivity (Wildman–Crippen MR) is 116 cm³/mol. The highest BCUT2D eigenvalue weighted by molar-refractivity contribution is 5.83. The summed E-state index contributed by atoms with van der Waals surface area (Å²) in [4.78, 5) is 29.6. The highest BCUT2D eigenvalue weighted by atomic mass is 16.6. The molecule has 0 saturated carbocycles. The van der Waals surface area contributed by atoms with E-state index in [1.54, 1.807) is 4.90 Å². The zero-order chi connectivity index (χ0) is 21.4. The fourth-order valence-electron chi connectivity index (χ4n) is 3.69. The third-order valence-electron chi connectivity index (χ3n) is 5.24. The number of ether oxygens (including phenoxy) is 1. The van der Waals surface area contributed by atoms with Gasteiger partial charge in [-0.1, -0.05) is 50.1 Å². The van der Waals surface area contributed by atoms with Crippen molar-refractivity contribution in [3.8, 4) is 0 Å². The molecule has 6 heteroatoms. The van der Waals surface area contributed by atoms with E-state index in [1.807, 2.05) is 63.1 Å². The predicted octanol–water partition coefficient (Wildman–Crippen LogP) is 3.46. The van der Waals surface area contributed by atoms with Crippen molar-refractivity contribution in [2.45, 2.75) is 71.1 Å². The van der Waals surface area contributed by atoms with E-state index in [2.05, 4.69) is 12.2 Å². The molecule has 0 radical (unpaired) electrons. The Hall–Kier alpha value is -2.08. The molecule has 6 nitrogen and oxygen atoms in total. The van der Waals surface area contributed by atoms with Crippen molar-refractivity contribution in [3.63, 3.8) is 0 Å². The lowest BCUT2D eigenvalue weighted by Gasteiger charge is -2.43. The smallest absolute Gasteiger partial charge is 0.410 e. The maximum Gasteiger partial charge on any atom is 0.410 e. The van der Waals surface area contributed by atoms with Gasteiger partial charge in [0, 0.05) is 25.7 Å². The Balaban J connectivity index is 2.08. The van der Waals surface area contributed by atoms with Crippen LogP contribution in [0.3, 0.4) is 0 Å². The van der Waals surface area contributed by atoms with Crippen LogP contribution < -0.4 is 5.32 Å². The number of nitrogens with one attached hydrogen (secondary N) is 1.